The Morgan fingerprint density at radius 3 is 1.23 bits per heavy atom. The molecule has 0 spiro atoms. The predicted octanol–water partition coefficient (Wildman–Crippen LogP) is 4.93. The van der Waals surface area contributed by atoms with Gasteiger partial charge < -0.3 is 47.4 Å². The number of hydrogen-bond acceptors (Lipinski definition) is 14. The molecule has 0 amide bonds. The maximum atomic E-state index is 13.8. The van der Waals surface area contributed by atoms with Crippen molar-refractivity contribution in [1.82, 2.24) is 0 Å². The van der Waals surface area contributed by atoms with Gasteiger partial charge in [0.1, 0.15) is 35.7 Å². The molecule has 1 fully saturated rings. The van der Waals surface area contributed by atoms with E-state index < -0.39 is 61.2 Å². The lowest BCUT2D eigenvalue weighted by Gasteiger charge is -2.44. The van der Waals surface area contributed by atoms with E-state index in [9.17, 15) is 19.2 Å². The fourth-order valence-electron chi connectivity index (χ4n) is 5.42. The Labute approximate surface area is 305 Å². The van der Waals surface area contributed by atoms with Crippen LogP contribution in [0, 0.1) is 0 Å². The van der Waals surface area contributed by atoms with Crippen molar-refractivity contribution in [2.24, 2.45) is 0 Å². The number of rotatable bonds is 14. The lowest BCUT2D eigenvalue weighted by molar-refractivity contribution is -0.291. The lowest BCUT2D eigenvalue weighted by Crippen LogP contribution is -2.63. The van der Waals surface area contributed by atoms with E-state index in [0.29, 0.717) is 23.0 Å². The van der Waals surface area contributed by atoms with Gasteiger partial charge in [0.15, 0.2) is 24.6 Å². The van der Waals surface area contributed by atoms with E-state index >= 15 is 0 Å². The minimum absolute atomic E-state index is 0.0709. The summed E-state index contributed by atoms with van der Waals surface area (Å²) in [5.74, 6) is -1.84. The Balaban J connectivity index is 1.54. The highest BCUT2D eigenvalue weighted by molar-refractivity contribution is 5.92. The summed E-state index contributed by atoms with van der Waals surface area (Å²) in [6, 6.07) is 24.8. The third-order valence-electron chi connectivity index (χ3n) is 8.15. The van der Waals surface area contributed by atoms with Gasteiger partial charge in [-0.2, -0.15) is 0 Å². The van der Waals surface area contributed by atoms with Crippen molar-refractivity contribution >= 4 is 23.9 Å². The third-order valence-corrected chi connectivity index (χ3v) is 8.15. The summed E-state index contributed by atoms with van der Waals surface area (Å²) in [4.78, 5) is 54.3. The smallest absolute Gasteiger partial charge is 0.338 e. The Kier molecular flexibility index (Phi) is 12.9. The largest absolute Gasteiger partial charge is 0.497 e. The van der Waals surface area contributed by atoms with Gasteiger partial charge in [-0.1, -0.05) is 24.3 Å². The van der Waals surface area contributed by atoms with Crippen LogP contribution in [0.2, 0.25) is 0 Å². The molecule has 0 bridgehead atoms. The van der Waals surface area contributed by atoms with Gasteiger partial charge >= 0.3 is 23.9 Å². The molecular weight excluding hydrogens is 692 g/mol. The van der Waals surface area contributed by atoms with Crippen LogP contribution in [-0.2, 0) is 28.4 Å². The molecule has 0 aliphatic carbocycles. The number of methoxy groups -OCH3 is 5. The van der Waals surface area contributed by atoms with Crippen molar-refractivity contribution in [3.05, 3.63) is 119 Å². The molecule has 1 heterocycles. The summed E-state index contributed by atoms with van der Waals surface area (Å²) in [6.07, 6.45) is -7.39. The molecule has 4 aromatic rings. The van der Waals surface area contributed by atoms with Crippen LogP contribution >= 0.6 is 0 Å². The van der Waals surface area contributed by atoms with Crippen LogP contribution in [0.4, 0.5) is 0 Å². The van der Waals surface area contributed by atoms with E-state index in [1.165, 1.54) is 84.1 Å². The Morgan fingerprint density at radius 2 is 0.849 bits per heavy atom. The van der Waals surface area contributed by atoms with Crippen molar-refractivity contribution in [2.45, 2.75) is 30.7 Å². The predicted molar refractivity (Wildman–Crippen MR) is 186 cm³/mol. The van der Waals surface area contributed by atoms with Gasteiger partial charge in [-0.05, 0) is 72.8 Å². The minimum atomic E-state index is -1.59. The van der Waals surface area contributed by atoms with Crippen LogP contribution in [-0.4, -0.2) is 96.7 Å². The summed E-state index contributed by atoms with van der Waals surface area (Å²) in [5.41, 5.74) is 0.408. The number of carbonyl (C=O) groups is 4. The first kappa shape index (κ1) is 38.1. The fourth-order valence-corrected chi connectivity index (χ4v) is 5.42. The monoisotopic (exact) mass is 730 g/mol. The lowest BCUT2D eigenvalue weighted by atomic mass is 9.97. The second-order valence-electron chi connectivity index (χ2n) is 11.4. The van der Waals surface area contributed by atoms with E-state index in [2.05, 4.69) is 0 Å². The van der Waals surface area contributed by atoms with Crippen LogP contribution in [0.25, 0.3) is 0 Å². The quantitative estimate of drug-likeness (QED) is 0.127. The normalized spacial score (nSPS) is 19.2. The molecule has 5 atom stereocenters. The number of hydrogen-bond donors (Lipinski definition) is 0. The van der Waals surface area contributed by atoms with Gasteiger partial charge in [-0.15, -0.1) is 0 Å². The van der Waals surface area contributed by atoms with E-state index in [4.69, 9.17) is 47.4 Å². The van der Waals surface area contributed by atoms with Crippen molar-refractivity contribution in [3.63, 3.8) is 0 Å². The first-order valence-electron chi connectivity index (χ1n) is 16.2. The van der Waals surface area contributed by atoms with E-state index in [-0.39, 0.29) is 22.3 Å². The summed E-state index contributed by atoms with van der Waals surface area (Å²) in [6.45, 7) is -0.518. The number of esters is 4. The highest BCUT2D eigenvalue weighted by Crippen LogP contribution is 2.32. The molecule has 278 valence electrons. The van der Waals surface area contributed by atoms with Crippen molar-refractivity contribution in [1.29, 1.82) is 0 Å². The molecule has 1 aliphatic heterocycles. The average molecular weight is 731 g/mol. The maximum absolute atomic E-state index is 13.8. The van der Waals surface area contributed by atoms with Crippen molar-refractivity contribution in [2.75, 3.05) is 42.2 Å². The second kappa shape index (κ2) is 17.9. The van der Waals surface area contributed by atoms with Crippen molar-refractivity contribution < 1.29 is 66.5 Å². The zero-order valence-corrected chi connectivity index (χ0v) is 29.5. The summed E-state index contributed by atoms with van der Waals surface area (Å²) in [7, 11) is 7.05. The second-order valence-corrected chi connectivity index (χ2v) is 11.4. The summed E-state index contributed by atoms with van der Waals surface area (Å²) in [5, 5.41) is 0. The molecule has 1 aliphatic rings. The third kappa shape index (κ3) is 9.41. The molecule has 4 aromatic carbocycles. The molecule has 0 unspecified atom stereocenters. The van der Waals surface area contributed by atoms with E-state index in [1.807, 2.05) is 0 Å². The molecule has 0 N–H and O–H groups in total. The van der Waals surface area contributed by atoms with Crippen LogP contribution in [0.1, 0.15) is 41.4 Å². The molecule has 0 saturated carbocycles. The van der Waals surface area contributed by atoms with Gasteiger partial charge in [-0.25, -0.2) is 19.2 Å². The van der Waals surface area contributed by atoms with Crippen molar-refractivity contribution in [3.8, 4) is 23.0 Å². The molecule has 0 aromatic heterocycles. The van der Waals surface area contributed by atoms with Crippen LogP contribution < -0.4 is 18.9 Å². The highest BCUT2D eigenvalue weighted by Gasteiger charge is 2.53. The standard InChI is InChI=1S/C39H38O14/c1-44-27-14-6-10-23(18-27)35(40)49-22-31-32(51-36(41)24-11-7-15-28(19-24)45-2)33(52-37(42)25-12-8-16-29(20-25)46-3)34(39(48-5)50-31)53-38(43)26-13-9-17-30(21-26)47-4/h6-21,31-34,39H,22H2,1-5H3/t31-,32-,33+,34-,39+/m1/s1. The molecule has 53 heavy (non-hydrogen) atoms. The molecule has 0 radical (unpaired) electrons. The minimum Gasteiger partial charge on any atom is -0.497 e. The average Bonchev–Trinajstić information content (AvgIpc) is 3.21. The molecule has 14 nitrogen and oxygen atoms in total. The Bertz CT molecular complexity index is 1910. The molecule has 14 heteroatoms. The fraction of sp³-hybridized carbons (Fsp3) is 0.282. The van der Waals surface area contributed by atoms with Gasteiger partial charge in [0.05, 0.1) is 50.7 Å². The van der Waals surface area contributed by atoms with E-state index in [0.717, 1.165) is 0 Å². The topological polar surface area (TPSA) is 161 Å². The molecule has 1 saturated heterocycles. The summed E-state index contributed by atoms with van der Waals surface area (Å²) < 4.78 is 56.4. The number of carbonyl (C=O) groups excluding carboxylic acids is 4. The van der Waals surface area contributed by atoms with Crippen LogP contribution in [0.3, 0.4) is 0 Å². The zero-order valence-electron chi connectivity index (χ0n) is 29.5. The Hall–Kier alpha value is -6.12. The Morgan fingerprint density at radius 1 is 0.491 bits per heavy atom. The van der Waals surface area contributed by atoms with Gasteiger partial charge in [-0.3, -0.25) is 0 Å². The zero-order chi connectivity index (χ0) is 37.9. The van der Waals surface area contributed by atoms with Crippen LogP contribution in [0.5, 0.6) is 23.0 Å². The molecular formula is C39H38O14. The van der Waals surface area contributed by atoms with Crippen LogP contribution in [0.15, 0.2) is 97.1 Å². The molecule has 5 rings (SSSR count). The first-order chi connectivity index (χ1) is 25.7. The number of ether oxygens (including phenoxy) is 10. The van der Waals surface area contributed by atoms with Gasteiger partial charge in [0.25, 0.3) is 0 Å². The maximum Gasteiger partial charge on any atom is 0.338 e. The SMILES string of the molecule is COc1cccc(C(=O)OC[C@H]2O[C@H](OC)[C@H](OC(=O)c3cccc(OC)c3)[C@@H](OC(=O)c3cccc(OC)c3)[C@@H]2OC(=O)c2cccc(OC)c2)c1. The highest BCUT2D eigenvalue weighted by atomic mass is 16.7. The van der Waals surface area contributed by atoms with Gasteiger partial charge in [0, 0.05) is 7.11 Å². The van der Waals surface area contributed by atoms with E-state index in [1.54, 1.807) is 48.5 Å². The number of benzene rings is 4. The first-order valence-corrected chi connectivity index (χ1v) is 16.2. The van der Waals surface area contributed by atoms with Gasteiger partial charge in [0.2, 0.25) is 0 Å². The summed E-state index contributed by atoms with van der Waals surface area (Å²) >= 11 is 0.